The third-order valence-corrected chi connectivity index (χ3v) is 3.01. The molecular formula is C14H9ClN2O3. The van der Waals surface area contributed by atoms with Crippen LogP contribution in [0.3, 0.4) is 0 Å². The molecule has 0 saturated heterocycles. The standard InChI is InChI=1S/C14H9ClN2O3/c15-9-3-1-4-10(7-9)17-8-11(14(18)19)13(16-17)12-5-2-6-20-12/h1-8H,(H,18,19). The van der Waals surface area contributed by atoms with Crippen LogP contribution < -0.4 is 0 Å². The van der Waals surface area contributed by atoms with Crippen molar-refractivity contribution in [1.29, 1.82) is 0 Å². The highest BCUT2D eigenvalue weighted by Gasteiger charge is 2.19. The number of aromatic nitrogens is 2. The lowest BCUT2D eigenvalue weighted by Gasteiger charge is -2.00. The summed E-state index contributed by atoms with van der Waals surface area (Å²) in [6.45, 7) is 0. The second kappa shape index (κ2) is 4.86. The quantitative estimate of drug-likeness (QED) is 0.801. The molecular weight excluding hydrogens is 280 g/mol. The highest BCUT2D eigenvalue weighted by molar-refractivity contribution is 6.30. The van der Waals surface area contributed by atoms with Crippen LogP contribution in [-0.4, -0.2) is 20.9 Å². The van der Waals surface area contributed by atoms with Crippen LogP contribution in [0, 0.1) is 0 Å². The minimum atomic E-state index is -1.07. The fraction of sp³-hybridized carbons (Fsp3) is 0. The molecule has 1 aromatic carbocycles. The molecule has 100 valence electrons. The Kier molecular flexibility index (Phi) is 3.04. The third-order valence-electron chi connectivity index (χ3n) is 2.77. The maximum absolute atomic E-state index is 11.3. The van der Waals surface area contributed by atoms with E-state index in [2.05, 4.69) is 5.10 Å². The summed E-state index contributed by atoms with van der Waals surface area (Å²) in [5, 5.41) is 14.1. The number of carbonyl (C=O) groups is 1. The summed E-state index contributed by atoms with van der Waals surface area (Å²) in [5.74, 6) is -0.659. The van der Waals surface area contributed by atoms with Crippen LogP contribution in [0.5, 0.6) is 0 Å². The largest absolute Gasteiger partial charge is 0.478 e. The number of carboxylic acid groups (broad SMARTS) is 1. The summed E-state index contributed by atoms with van der Waals surface area (Å²) in [7, 11) is 0. The summed E-state index contributed by atoms with van der Waals surface area (Å²) < 4.78 is 6.68. The first-order valence-corrected chi connectivity index (χ1v) is 6.16. The average molecular weight is 289 g/mol. The zero-order chi connectivity index (χ0) is 14.1. The number of nitrogens with zero attached hydrogens (tertiary/aromatic N) is 2. The van der Waals surface area contributed by atoms with E-state index in [1.54, 1.807) is 36.4 Å². The Labute approximate surface area is 119 Å². The van der Waals surface area contributed by atoms with Gasteiger partial charge in [0.1, 0.15) is 11.3 Å². The monoisotopic (exact) mass is 288 g/mol. The molecule has 0 aliphatic carbocycles. The van der Waals surface area contributed by atoms with E-state index in [4.69, 9.17) is 16.0 Å². The van der Waals surface area contributed by atoms with Crippen LogP contribution in [0.25, 0.3) is 17.1 Å². The Hall–Kier alpha value is -2.53. The minimum Gasteiger partial charge on any atom is -0.478 e. The Morgan fingerprint density at radius 1 is 1.30 bits per heavy atom. The molecule has 0 bridgehead atoms. The van der Waals surface area contributed by atoms with Gasteiger partial charge in [0.25, 0.3) is 0 Å². The number of benzene rings is 1. The van der Waals surface area contributed by atoms with Gasteiger partial charge in [0.15, 0.2) is 5.76 Å². The second-order valence-corrected chi connectivity index (χ2v) is 4.53. The Morgan fingerprint density at radius 3 is 2.80 bits per heavy atom. The molecule has 2 heterocycles. The van der Waals surface area contributed by atoms with Gasteiger partial charge in [-0.2, -0.15) is 5.10 Å². The number of hydrogen-bond donors (Lipinski definition) is 1. The lowest BCUT2D eigenvalue weighted by molar-refractivity contribution is 0.0697. The third kappa shape index (κ3) is 2.19. The summed E-state index contributed by atoms with van der Waals surface area (Å²) in [6.07, 6.45) is 2.91. The molecule has 0 radical (unpaired) electrons. The number of aromatic carboxylic acids is 1. The van der Waals surface area contributed by atoms with Gasteiger partial charge in [-0.15, -0.1) is 0 Å². The van der Waals surface area contributed by atoms with Crippen LogP contribution in [0.4, 0.5) is 0 Å². The topological polar surface area (TPSA) is 68.3 Å². The minimum absolute atomic E-state index is 0.0694. The molecule has 0 spiro atoms. The molecule has 1 N–H and O–H groups in total. The smallest absolute Gasteiger partial charge is 0.339 e. The molecule has 6 heteroatoms. The first kappa shape index (κ1) is 12.5. The number of hydrogen-bond acceptors (Lipinski definition) is 3. The number of halogens is 1. The van der Waals surface area contributed by atoms with E-state index in [0.717, 1.165) is 0 Å². The van der Waals surface area contributed by atoms with Crippen molar-refractivity contribution >= 4 is 17.6 Å². The number of rotatable bonds is 3. The molecule has 0 aliphatic rings. The van der Waals surface area contributed by atoms with Gasteiger partial charge in [-0.05, 0) is 30.3 Å². The molecule has 0 fully saturated rings. The van der Waals surface area contributed by atoms with Crippen LogP contribution >= 0.6 is 11.6 Å². The lowest BCUT2D eigenvalue weighted by Crippen LogP contribution is -1.96. The van der Waals surface area contributed by atoms with Gasteiger partial charge in [0.05, 0.1) is 12.0 Å². The SMILES string of the molecule is O=C(O)c1cn(-c2cccc(Cl)c2)nc1-c1ccco1. The molecule has 5 nitrogen and oxygen atoms in total. The molecule has 3 aromatic rings. The van der Waals surface area contributed by atoms with E-state index in [1.165, 1.54) is 17.1 Å². The van der Waals surface area contributed by atoms with Crippen molar-refractivity contribution in [3.63, 3.8) is 0 Å². The van der Waals surface area contributed by atoms with Crippen LogP contribution in [0.15, 0.2) is 53.3 Å². The molecule has 0 unspecified atom stereocenters. The van der Waals surface area contributed by atoms with Crippen molar-refractivity contribution in [3.8, 4) is 17.1 Å². The van der Waals surface area contributed by atoms with E-state index in [0.29, 0.717) is 16.5 Å². The summed E-state index contributed by atoms with van der Waals surface area (Å²) in [6, 6.07) is 10.3. The van der Waals surface area contributed by atoms with Gasteiger partial charge in [-0.25, -0.2) is 9.48 Å². The van der Waals surface area contributed by atoms with Crippen LogP contribution in [0.1, 0.15) is 10.4 Å². The van der Waals surface area contributed by atoms with Gasteiger partial charge in [-0.3, -0.25) is 0 Å². The normalized spacial score (nSPS) is 10.7. The van der Waals surface area contributed by atoms with Gasteiger partial charge < -0.3 is 9.52 Å². The number of carboxylic acids is 1. The molecule has 2 aromatic heterocycles. The van der Waals surface area contributed by atoms with Crippen LogP contribution in [0.2, 0.25) is 5.02 Å². The van der Waals surface area contributed by atoms with Crippen molar-refractivity contribution in [1.82, 2.24) is 9.78 Å². The van der Waals surface area contributed by atoms with Gasteiger partial charge in [0.2, 0.25) is 0 Å². The maximum atomic E-state index is 11.3. The summed E-state index contributed by atoms with van der Waals surface area (Å²) in [4.78, 5) is 11.3. The highest BCUT2D eigenvalue weighted by Crippen LogP contribution is 2.24. The lowest BCUT2D eigenvalue weighted by atomic mass is 10.2. The van der Waals surface area contributed by atoms with Crippen LogP contribution in [-0.2, 0) is 0 Å². The van der Waals surface area contributed by atoms with Crippen molar-refractivity contribution in [2.24, 2.45) is 0 Å². The molecule has 0 saturated carbocycles. The highest BCUT2D eigenvalue weighted by atomic mass is 35.5. The van der Waals surface area contributed by atoms with E-state index in [1.807, 2.05) is 0 Å². The first-order valence-electron chi connectivity index (χ1n) is 5.78. The first-order chi connectivity index (χ1) is 9.65. The fourth-order valence-corrected chi connectivity index (χ4v) is 2.06. The summed E-state index contributed by atoms with van der Waals surface area (Å²) >= 11 is 5.93. The molecule has 0 aliphatic heterocycles. The van der Waals surface area contributed by atoms with E-state index < -0.39 is 5.97 Å². The molecule has 3 rings (SSSR count). The zero-order valence-electron chi connectivity index (χ0n) is 10.2. The zero-order valence-corrected chi connectivity index (χ0v) is 10.9. The number of furan rings is 1. The van der Waals surface area contributed by atoms with Crippen molar-refractivity contribution in [2.75, 3.05) is 0 Å². The molecule has 0 amide bonds. The van der Waals surface area contributed by atoms with Gasteiger partial charge in [-0.1, -0.05) is 17.7 Å². The van der Waals surface area contributed by atoms with Crippen molar-refractivity contribution in [3.05, 3.63) is 59.4 Å². The van der Waals surface area contributed by atoms with E-state index >= 15 is 0 Å². The summed E-state index contributed by atoms with van der Waals surface area (Å²) in [5.41, 5.74) is 1.03. The average Bonchev–Trinajstić information content (AvgIpc) is 3.08. The maximum Gasteiger partial charge on any atom is 0.339 e. The Morgan fingerprint density at radius 2 is 2.15 bits per heavy atom. The Bertz CT molecular complexity index is 763. The van der Waals surface area contributed by atoms with Gasteiger partial charge in [0, 0.05) is 11.2 Å². The predicted octanol–water partition coefficient (Wildman–Crippen LogP) is 3.48. The van der Waals surface area contributed by atoms with Crippen molar-refractivity contribution < 1.29 is 14.3 Å². The van der Waals surface area contributed by atoms with Gasteiger partial charge >= 0.3 is 5.97 Å². The van der Waals surface area contributed by atoms with E-state index in [9.17, 15) is 9.90 Å². The molecule has 20 heavy (non-hydrogen) atoms. The fourth-order valence-electron chi connectivity index (χ4n) is 1.88. The van der Waals surface area contributed by atoms with E-state index in [-0.39, 0.29) is 11.3 Å². The second-order valence-electron chi connectivity index (χ2n) is 4.10. The molecule has 0 atom stereocenters. The predicted molar refractivity (Wildman–Crippen MR) is 73.2 cm³/mol. The Balaban J connectivity index is 2.15. The van der Waals surface area contributed by atoms with Crippen molar-refractivity contribution in [2.45, 2.75) is 0 Å².